The summed E-state index contributed by atoms with van der Waals surface area (Å²) in [6, 6.07) is 11.2. The van der Waals surface area contributed by atoms with Crippen molar-refractivity contribution in [3.8, 4) is 5.75 Å². The van der Waals surface area contributed by atoms with Crippen LogP contribution < -0.4 is 15.4 Å². The lowest BCUT2D eigenvalue weighted by Gasteiger charge is -2.44. The Morgan fingerprint density at radius 2 is 1.60 bits per heavy atom. The van der Waals surface area contributed by atoms with Crippen LogP contribution in [0.15, 0.2) is 42.5 Å². The summed E-state index contributed by atoms with van der Waals surface area (Å²) in [5.41, 5.74) is 2.65. The van der Waals surface area contributed by atoms with Crippen molar-refractivity contribution in [1.29, 1.82) is 0 Å². The number of alkyl carbamates (subject to hydrolysis) is 1. The Hall–Kier alpha value is -3.55. The van der Waals surface area contributed by atoms with Gasteiger partial charge in [-0.3, -0.25) is 9.59 Å². The molecule has 0 radical (unpaired) electrons. The molecule has 1 aliphatic carbocycles. The summed E-state index contributed by atoms with van der Waals surface area (Å²) in [6.07, 6.45) is 2.34. The Labute approximate surface area is 238 Å². The van der Waals surface area contributed by atoms with Crippen molar-refractivity contribution in [1.82, 2.24) is 10.2 Å². The van der Waals surface area contributed by atoms with Crippen LogP contribution in [0.2, 0.25) is 0 Å². The van der Waals surface area contributed by atoms with Crippen LogP contribution in [-0.2, 0) is 14.3 Å². The predicted molar refractivity (Wildman–Crippen MR) is 157 cm³/mol. The predicted octanol–water partition coefficient (Wildman–Crippen LogP) is 6.31. The summed E-state index contributed by atoms with van der Waals surface area (Å²) in [5, 5.41) is 5.84. The van der Waals surface area contributed by atoms with E-state index in [1.807, 2.05) is 45.9 Å². The first-order chi connectivity index (χ1) is 18.8. The Bertz CT molecular complexity index is 1160. The molecule has 1 fully saturated rings. The van der Waals surface area contributed by atoms with Gasteiger partial charge in [0.2, 0.25) is 5.91 Å². The number of nitrogens with zero attached hydrogens (tertiary/aromatic N) is 1. The smallest absolute Gasteiger partial charge is 0.408 e. The molecule has 0 saturated heterocycles. The molecule has 0 heterocycles. The van der Waals surface area contributed by atoms with Gasteiger partial charge in [0.15, 0.2) is 0 Å². The topological polar surface area (TPSA) is 97.0 Å². The van der Waals surface area contributed by atoms with Crippen molar-refractivity contribution < 1.29 is 23.9 Å². The number of methoxy groups -OCH3 is 1. The number of carbonyl (C=O) groups excluding carboxylic acids is 3. The fourth-order valence-corrected chi connectivity index (χ4v) is 5.00. The number of hydrogen-bond donors (Lipinski definition) is 2. The molecule has 2 aromatic rings. The van der Waals surface area contributed by atoms with E-state index in [0.29, 0.717) is 17.9 Å². The molecule has 2 atom stereocenters. The SMILES string of the molecule is COc1ccc(NC(=O)C(c2cc(C)cc(C)c2)N(C(=O)C(CC(C)C)NC(=O)OC(C)(C)C)C2CCC2)cc1. The van der Waals surface area contributed by atoms with E-state index in [2.05, 4.69) is 10.6 Å². The first-order valence-corrected chi connectivity index (χ1v) is 14.1. The third-order valence-electron chi connectivity index (χ3n) is 6.86. The Balaban J connectivity index is 2.04. The van der Waals surface area contributed by atoms with Crippen LogP contribution in [0.5, 0.6) is 5.75 Å². The van der Waals surface area contributed by atoms with Crippen molar-refractivity contribution >= 4 is 23.6 Å². The average molecular weight is 552 g/mol. The molecule has 8 heteroatoms. The summed E-state index contributed by atoms with van der Waals surface area (Å²) < 4.78 is 10.7. The molecule has 2 unspecified atom stereocenters. The first-order valence-electron chi connectivity index (χ1n) is 14.1. The molecule has 3 amide bonds. The van der Waals surface area contributed by atoms with Crippen LogP contribution in [0.3, 0.4) is 0 Å². The molecular formula is C32H45N3O5. The second kappa shape index (κ2) is 13.2. The van der Waals surface area contributed by atoms with Gasteiger partial charge in [0, 0.05) is 11.7 Å². The minimum atomic E-state index is -0.881. The second-order valence-electron chi connectivity index (χ2n) is 12.2. The number of carbonyl (C=O) groups is 3. The first kappa shape index (κ1) is 31.0. The van der Waals surface area contributed by atoms with Gasteiger partial charge < -0.3 is 25.0 Å². The molecule has 8 nitrogen and oxygen atoms in total. The van der Waals surface area contributed by atoms with E-state index in [1.54, 1.807) is 57.0 Å². The number of amides is 3. The third-order valence-corrected chi connectivity index (χ3v) is 6.86. The summed E-state index contributed by atoms with van der Waals surface area (Å²) in [7, 11) is 1.59. The molecule has 0 spiro atoms. The fourth-order valence-electron chi connectivity index (χ4n) is 5.00. The fraction of sp³-hybridized carbons (Fsp3) is 0.531. The zero-order valence-corrected chi connectivity index (χ0v) is 25.2. The molecule has 3 rings (SSSR count). The average Bonchev–Trinajstić information content (AvgIpc) is 2.80. The van der Waals surface area contributed by atoms with Crippen LogP contribution in [0.1, 0.15) is 83.0 Å². The van der Waals surface area contributed by atoms with Crippen molar-refractivity contribution in [2.75, 3.05) is 12.4 Å². The molecule has 0 bridgehead atoms. The van der Waals surface area contributed by atoms with Gasteiger partial charge in [0.1, 0.15) is 23.4 Å². The number of anilines is 1. The van der Waals surface area contributed by atoms with Gasteiger partial charge in [-0.2, -0.15) is 0 Å². The molecule has 40 heavy (non-hydrogen) atoms. The highest BCUT2D eigenvalue weighted by molar-refractivity contribution is 5.99. The Morgan fingerprint density at radius 1 is 1.00 bits per heavy atom. The largest absolute Gasteiger partial charge is 0.497 e. The van der Waals surface area contributed by atoms with E-state index in [4.69, 9.17) is 9.47 Å². The summed E-state index contributed by atoms with van der Waals surface area (Å²) >= 11 is 0. The van der Waals surface area contributed by atoms with Crippen LogP contribution >= 0.6 is 0 Å². The summed E-state index contributed by atoms with van der Waals surface area (Å²) in [4.78, 5) is 43.0. The highest BCUT2D eigenvalue weighted by atomic mass is 16.6. The zero-order valence-electron chi connectivity index (χ0n) is 25.2. The normalized spacial score (nSPS) is 15.0. The van der Waals surface area contributed by atoms with Crippen LogP contribution in [-0.4, -0.2) is 47.6 Å². The molecule has 0 aromatic heterocycles. The Morgan fingerprint density at radius 3 is 2.08 bits per heavy atom. The van der Waals surface area contributed by atoms with Crippen molar-refractivity contribution in [3.05, 3.63) is 59.2 Å². The quantitative estimate of drug-likeness (QED) is 0.361. The molecule has 2 aromatic carbocycles. The maximum atomic E-state index is 14.4. The number of ether oxygens (including phenoxy) is 2. The van der Waals surface area contributed by atoms with E-state index in [9.17, 15) is 14.4 Å². The molecule has 218 valence electrons. The van der Waals surface area contributed by atoms with Crippen molar-refractivity contribution in [3.63, 3.8) is 0 Å². The highest BCUT2D eigenvalue weighted by Crippen LogP contribution is 2.35. The van der Waals surface area contributed by atoms with Gasteiger partial charge >= 0.3 is 6.09 Å². The van der Waals surface area contributed by atoms with E-state index in [1.165, 1.54) is 0 Å². The minimum absolute atomic E-state index is 0.116. The van der Waals surface area contributed by atoms with E-state index in [-0.39, 0.29) is 23.8 Å². The van der Waals surface area contributed by atoms with Crippen LogP contribution in [0.25, 0.3) is 0 Å². The van der Waals surface area contributed by atoms with Gasteiger partial charge in [-0.25, -0.2) is 4.79 Å². The monoisotopic (exact) mass is 551 g/mol. The van der Waals surface area contributed by atoms with Gasteiger partial charge in [0.25, 0.3) is 5.91 Å². The lowest BCUT2D eigenvalue weighted by atomic mass is 9.87. The van der Waals surface area contributed by atoms with Gasteiger partial charge in [-0.05, 0) is 96.0 Å². The number of rotatable bonds is 10. The summed E-state index contributed by atoms with van der Waals surface area (Å²) in [5.74, 6) is 0.217. The zero-order chi connectivity index (χ0) is 29.6. The third kappa shape index (κ3) is 8.47. The highest BCUT2D eigenvalue weighted by Gasteiger charge is 2.42. The number of nitrogens with one attached hydrogen (secondary N) is 2. The lowest BCUT2D eigenvalue weighted by molar-refractivity contribution is -0.146. The van der Waals surface area contributed by atoms with E-state index in [0.717, 1.165) is 36.0 Å². The number of hydrogen-bond acceptors (Lipinski definition) is 5. The van der Waals surface area contributed by atoms with E-state index >= 15 is 0 Å². The molecular weight excluding hydrogens is 506 g/mol. The Kier molecular flexibility index (Phi) is 10.2. The number of aryl methyl sites for hydroxylation is 2. The van der Waals surface area contributed by atoms with Gasteiger partial charge in [0.05, 0.1) is 7.11 Å². The summed E-state index contributed by atoms with van der Waals surface area (Å²) in [6.45, 7) is 13.3. The molecule has 2 N–H and O–H groups in total. The molecule has 0 aliphatic heterocycles. The maximum absolute atomic E-state index is 14.4. The van der Waals surface area contributed by atoms with Gasteiger partial charge in [-0.1, -0.05) is 43.2 Å². The molecule has 1 aliphatic rings. The van der Waals surface area contributed by atoms with Gasteiger partial charge in [-0.15, -0.1) is 0 Å². The van der Waals surface area contributed by atoms with Crippen LogP contribution in [0.4, 0.5) is 10.5 Å². The molecule has 1 saturated carbocycles. The minimum Gasteiger partial charge on any atom is -0.497 e. The van der Waals surface area contributed by atoms with Crippen LogP contribution in [0, 0.1) is 19.8 Å². The van der Waals surface area contributed by atoms with Crippen molar-refractivity contribution in [2.45, 2.75) is 97.9 Å². The van der Waals surface area contributed by atoms with E-state index < -0.39 is 23.8 Å². The lowest BCUT2D eigenvalue weighted by Crippen LogP contribution is -2.57. The maximum Gasteiger partial charge on any atom is 0.408 e. The number of benzene rings is 2. The standard InChI is InChI=1S/C32H45N3O5/c1-20(2)16-27(34-31(38)40-32(5,6)7)30(37)35(25-10-9-11-25)28(23-18-21(3)17-22(4)19-23)29(36)33-24-12-14-26(39-8)15-13-24/h12-15,17-20,25,27-28H,9-11,16H2,1-8H3,(H,33,36)(H,34,38). The second-order valence-corrected chi connectivity index (χ2v) is 12.2. The van der Waals surface area contributed by atoms with Crippen molar-refractivity contribution in [2.24, 2.45) is 5.92 Å².